The van der Waals surface area contributed by atoms with Crippen LogP contribution in [-0.4, -0.2) is 15.4 Å². The normalized spacial score (nSPS) is 9.14. The molecule has 3 heteroatoms. The van der Waals surface area contributed by atoms with Crippen molar-refractivity contribution in [2.24, 2.45) is 4.99 Å². The summed E-state index contributed by atoms with van der Waals surface area (Å²) in [4.78, 5) is 3.57. The Morgan fingerprint density at radius 2 is 2.57 bits per heavy atom. The SMILES string of the molecule is [SiH3]CC=CN=C=S. The van der Waals surface area contributed by atoms with Gasteiger partial charge in [-0.2, -0.15) is 0 Å². The molecule has 0 saturated heterocycles. The van der Waals surface area contributed by atoms with E-state index in [1.807, 2.05) is 6.08 Å². The van der Waals surface area contributed by atoms with Crippen molar-refractivity contribution in [3.05, 3.63) is 12.3 Å². The molecule has 0 atom stereocenters. The molecule has 0 amide bonds. The Balaban J connectivity index is 3.27. The van der Waals surface area contributed by atoms with Gasteiger partial charge in [0, 0.05) is 16.4 Å². The number of nitrogens with zero attached hydrogens (tertiary/aromatic N) is 1. The Bertz CT molecular complexity index is 104. The summed E-state index contributed by atoms with van der Waals surface area (Å²) in [5.41, 5.74) is 0. The van der Waals surface area contributed by atoms with E-state index in [1.165, 1.54) is 10.2 Å². The van der Waals surface area contributed by atoms with Gasteiger partial charge in [0.25, 0.3) is 0 Å². The molecule has 0 aliphatic carbocycles. The molecule has 0 aromatic carbocycles. The van der Waals surface area contributed by atoms with Gasteiger partial charge in [0.1, 0.15) is 0 Å². The van der Waals surface area contributed by atoms with Crippen molar-refractivity contribution in [3.8, 4) is 0 Å². The van der Waals surface area contributed by atoms with Crippen LogP contribution in [0, 0.1) is 0 Å². The summed E-state index contributed by atoms with van der Waals surface area (Å²) in [6, 6.07) is 1.14. The van der Waals surface area contributed by atoms with E-state index in [4.69, 9.17) is 0 Å². The van der Waals surface area contributed by atoms with E-state index in [-0.39, 0.29) is 0 Å². The average Bonchev–Trinajstić information content (AvgIpc) is 1.69. The molecule has 0 saturated carbocycles. The lowest BCUT2D eigenvalue weighted by atomic mass is 10.7. The first-order valence-electron chi connectivity index (χ1n) is 2.13. The van der Waals surface area contributed by atoms with Crippen LogP contribution in [0.2, 0.25) is 6.04 Å². The van der Waals surface area contributed by atoms with Crippen molar-refractivity contribution < 1.29 is 0 Å². The first-order valence-corrected chi connectivity index (χ1v) is 3.96. The summed E-state index contributed by atoms with van der Waals surface area (Å²) in [6.45, 7) is 0. The quantitative estimate of drug-likeness (QED) is 0.298. The number of hydrogen-bond acceptors (Lipinski definition) is 2. The van der Waals surface area contributed by atoms with Gasteiger partial charge in [-0.3, -0.25) is 0 Å². The van der Waals surface area contributed by atoms with Crippen molar-refractivity contribution in [1.82, 2.24) is 0 Å². The molecular formula is C4H7NSSi. The predicted octanol–water partition coefficient (Wildman–Crippen LogP) is 0.387. The summed E-state index contributed by atoms with van der Waals surface area (Å²) < 4.78 is 0. The maximum atomic E-state index is 4.31. The fourth-order valence-electron chi connectivity index (χ4n) is 0.189. The maximum absolute atomic E-state index is 4.31. The van der Waals surface area contributed by atoms with Crippen LogP contribution in [0.15, 0.2) is 17.3 Å². The monoisotopic (exact) mass is 129 g/mol. The molecule has 0 rings (SSSR count). The van der Waals surface area contributed by atoms with Crippen LogP contribution < -0.4 is 0 Å². The minimum absolute atomic E-state index is 1.14. The van der Waals surface area contributed by atoms with Crippen molar-refractivity contribution in [3.63, 3.8) is 0 Å². The van der Waals surface area contributed by atoms with Gasteiger partial charge in [-0.25, -0.2) is 4.99 Å². The van der Waals surface area contributed by atoms with Gasteiger partial charge in [-0.05, 0) is 18.3 Å². The fraction of sp³-hybridized carbons (Fsp3) is 0.250. The van der Waals surface area contributed by atoms with Gasteiger partial charge >= 0.3 is 0 Å². The van der Waals surface area contributed by atoms with Gasteiger partial charge in [0.15, 0.2) is 0 Å². The van der Waals surface area contributed by atoms with Crippen LogP contribution in [-0.2, 0) is 0 Å². The molecular weight excluding hydrogens is 122 g/mol. The first-order chi connectivity index (χ1) is 3.41. The fourth-order valence-corrected chi connectivity index (χ4v) is 0.460. The third-order valence-corrected chi connectivity index (χ3v) is 1.05. The molecule has 0 fully saturated rings. The lowest BCUT2D eigenvalue weighted by Crippen LogP contribution is -1.54. The Morgan fingerprint density at radius 3 is 3.00 bits per heavy atom. The summed E-state index contributed by atoms with van der Waals surface area (Å²) >= 11 is 4.31. The molecule has 0 spiro atoms. The second kappa shape index (κ2) is 5.76. The Labute approximate surface area is 51.6 Å². The average molecular weight is 129 g/mol. The number of aliphatic imine (C=N–C) groups is 1. The van der Waals surface area contributed by atoms with E-state index in [9.17, 15) is 0 Å². The third kappa shape index (κ3) is 5.76. The smallest absolute Gasteiger partial charge is 0.0634 e. The van der Waals surface area contributed by atoms with E-state index < -0.39 is 0 Å². The molecule has 38 valence electrons. The highest BCUT2D eigenvalue weighted by Gasteiger charge is 1.58. The van der Waals surface area contributed by atoms with Crippen LogP contribution in [0.3, 0.4) is 0 Å². The zero-order valence-corrected chi connectivity index (χ0v) is 7.03. The highest BCUT2D eigenvalue weighted by atomic mass is 32.1. The first kappa shape index (κ1) is 6.76. The van der Waals surface area contributed by atoms with Gasteiger partial charge in [-0.15, -0.1) is 0 Å². The van der Waals surface area contributed by atoms with Gasteiger partial charge in [0.05, 0.1) is 5.16 Å². The van der Waals surface area contributed by atoms with Crippen LogP contribution in [0.1, 0.15) is 0 Å². The standard InChI is InChI=1S/C4H7NSSi/c6-4-5-2-1-3-7/h1-2H,3H2,7H3. The number of isothiocyanates is 1. The molecule has 7 heavy (non-hydrogen) atoms. The van der Waals surface area contributed by atoms with Crippen LogP contribution >= 0.6 is 12.2 Å². The van der Waals surface area contributed by atoms with Crippen molar-refractivity contribution >= 4 is 27.6 Å². The summed E-state index contributed by atoms with van der Waals surface area (Å²) in [5.74, 6) is 0. The minimum Gasteiger partial charge on any atom is -0.203 e. The number of allylic oxidation sites excluding steroid dienone is 1. The molecule has 0 unspecified atom stereocenters. The molecule has 0 N–H and O–H groups in total. The van der Waals surface area contributed by atoms with Crippen LogP contribution in [0.4, 0.5) is 0 Å². The lowest BCUT2D eigenvalue weighted by Gasteiger charge is -1.67. The molecule has 1 nitrogen and oxygen atoms in total. The topological polar surface area (TPSA) is 12.4 Å². The summed E-state index contributed by atoms with van der Waals surface area (Å²) in [6.07, 6.45) is 3.66. The third-order valence-electron chi connectivity index (χ3n) is 0.468. The molecule has 0 aliphatic heterocycles. The lowest BCUT2D eigenvalue weighted by molar-refractivity contribution is 1.55. The van der Waals surface area contributed by atoms with E-state index >= 15 is 0 Å². The van der Waals surface area contributed by atoms with Gasteiger partial charge < -0.3 is 0 Å². The molecule has 0 radical (unpaired) electrons. The van der Waals surface area contributed by atoms with Gasteiger partial charge in [0.2, 0.25) is 0 Å². The molecule has 0 aromatic rings. The molecule has 0 bridgehead atoms. The highest BCUT2D eigenvalue weighted by molar-refractivity contribution is 7.78. The van der Waals surface area contributed by atoms with Crippen LogP contribution in [0.25, 0.3) is 0 Å². The zero-order valence-electron chi connectivity index (χ0n) is 4.22. The van der Waals surface area contributed by atoms with E-state index in [2.05, 4.69) is 22.4 Å². The Morgan fingerprint density at radius 1 is 1.86 bits per heavy atom. The predicted molar refractivity (Wildman–Crippen MR) is 38.9 cm³/mol. The van der Waals surface area contributed by atoms with Crippen molar-refractivity contribution in [2.45, 2.75) is 6.04 Å². The Kier molecular flexibility index (Phi) is 5.56. The van der Waals surface area contributed by atoms with Crippen molar-refractivity contribution in [2.75, 3.05) is 0 Å². The Hall–Kier alpha value is -0.243. The highest BCUT2D eigenvalue weighted by Crippen LogP contribution is 1.75. The second-order valence-electron chi connectivity index (χ2n) is 1.01. The van der Waals surface area contributed by atoms with E-state index in [1.54, 1.807) is 6.20 Å². The zero-order chi connectivity index (χ0) is 5.54. The largest absolute Gasteiger partial charge is 0.203 e. The maximum Gasteiger partial charge on any atom is 0.0634 e. The number of thiocarbonyl (C=S) groups is 1. The summed E-state index contributed by atoms with van der Waals surface area (Å²) in [7, 11) is 1.20. The van der Waals surface area contributed by atoms with E-state index in [0.29, 0.717) is 0 Å². The molecule has 0 heterocycles. The summed E-state index contributed by atoms with van der Waals surface area (Å²) in [5, 5.41) is 2.24. The molecule has 0 aromatic heterocycles. The number of hydrogen-bond donors (Lipinski definition) is 0. The second-order valence-corrected chi connectivity index (χ2v) is 2.01. The van der Waals surface area contributed by atoms with Gasteiger partial charge in [-0.1, -0.05) is 6.08 Å². The number of rotatable bonds is 2. The van der Waals surface area contributed by atoms with E-state index in [0.717, 1.165) is 6.04 Å². The van der Waals surface area contributed by atoms with Crippen molar-refractivity contribution in [1.29, 1.82) is 0 Å². The van der Waals surface area contributed by atoms with Crippen LogP contribution in [0.5, 0.6) is 0 Å². The minimum atomic E-state index is 1.14. The molecule has 0 aliphatic rings.